The Morgan fingerprint density at radius 3 is 2.96 bits per heavy atom. The Kier molecular flexibility index (Phi) is 4.61. The van der Waals surface area contributed by atoms with E-state index in [4.69, 9.17) is 0 Å². The van der Waals surface area contributed by atoms with Gasteiger partial charge in [0.15, 0.2) is 0 Å². The molecule has 2 atom stereocenters. The number of urea groups is 1. The van der Waals surface area contributed by atoms with Crippen molar-refractivity contribution in [2.45, 2.75) is 49.1 Å². The molecule has 0 saturated carbocycles. The molecule has 1 N–H and O–H groups in total. The molecule has 27 heavy (non-hydrogen) atoms. The average molecular weight is 391 g/mol. The standard InChI is InChI=1S/C19H22FN3O3S/c1-12-4-2-3-8-22(12)16(24)11-23-17(25)19(21-18(23)26)7-9-27-15-6-5-13(20)10-14(15)19/h5-6,10,12H,2-4,7-9,11H2,1H3,(H,21,26). The van der Waals surface area contributed by atoms with Crippen LogP contribution in [0.3, 0.4) is 0 Å². The number of nitrogens with one attached hydrogen (secondary N) is 1. The molecular formula is C19H22FN3O3S. The van der Waals surface area contributed by atoms with E-state index in [-0.39, 0.29) is 18.5 Å². The number of carbonyl (C=O) groups excluding carboxylic acids is 3. The Labute approximate surface area is 161 Å². The van der Waals surface area contributed by atoms with Gasteiger partial charge in [-0.1, -0.05) is 0 Å². The molecule has 3 aliphatic rings. The van der Waals surface area contributed by atoms with Gasteiger partial charge in [-0.05, 0) is 50.8 Å². The fourth-order valence-corrected chi connectivity index (χ4v) is 5.41. The molecular weight excluding hydrogens is 369 g/mol. The number of nitrogens with zero attached hydrogens (tertiary/aromatic N) is 2. The highest BCUT2D eigenvalue weighted by Gasteiger charge is 2.55. The molecule has 1 aromatic rings. The van der Waals surface area contributed by atoms with Crippen LogP contribution in [-0.4, -0.2) is 52.5 Å². The van der Waals surface area contributed by atoms with Crippen molar-refractivity contribution in [1.29, 1.82) is 0 Å². The summed E-state index contributed by atoms with van der Waals surface area (Å²) in [6, 6.07) is 3.84. The highest BCUT2D eigenvalue weighted by molar-refractivity contribution is 7.99. The largest absolute Gasteiger partial charge is 0.338 e. The van der Waals surface area contributed by atoms with Crippen LogP contribution >= 0.6 is 11.8 Å². The number of imide groups is 1. The number of rotatable bonds is 2. The molecule has 1 aromatic carbocycles. The van der Waals surface area contributed by atoms with Gasteiger partial charge in [0.1, 0.15) is 17.9 Å². The van der Waals surface area contributed by atoms with Crippen LogP contribution in [-0.2, 0) is 15.1 Å². The number of hydrogen-bond donors (Lipinski definition) is 1. The van der Waals surface area contributed by atoms with Crippen molar-refractivity contribution < 1.29 is 18.8 Å². The van der Waals surface area contributed by atoms with Gasteiger partial charge in [0.05, 0.1) is 0 Å². The minimum absolute atomic E-state index is 0.113. The van der Waals surface area contributed by atoms with E-state index in [2.05, 4.69) is 5.32 Å². The summed E-state index contributed by atoms with van der Waals surface area (Å²) in [5.41, 5.74) is -0.786. The lowest BCUT2D eigenvalue weighted by molar-refractivity contribution is -0.141. The minimum atomic E-state index is -1.27. The van der Waals surface area contributed by atoms with E-state index in [0.717, 1.165) is 29.1 Å². The lowest BCUT2D eigenvalue weighted by Gasteiger charge is -2.35. The molecule has 3 heterocycles. The fraction of sp³-hybridized carbons (Fsp3) is 0.526. The Morgan fingerprint density at radius 2 is 2.19 bits per heavy atom. The second kappa shape index (κ2) is 6.82. The second-order valence-electron chi connectivity index (χ2n) is 7.40. The van der Waals surface area contributed by atoms with Gasteiger partial charge in [0.2, 0.25) is 5.91 Å². The molecule has 0 bridgehead atoms. The Hall–Kier alpha value is -2.09. The van der Waals surface area contributed by atoms with Crippen LogP contribution in [0.4, 0.5) is 9.18 Å². The Bertz CT molecular complexity index is 817. The summed E-state index contributed by atoms with van der Waals surface area (Å²) in [5.74, 6) is -0.491. The fourth-order valence-electron chi connectivity index (χ4n) is 4.23. The molecule has 1 spiro atoms. The van der Waals surface area contributed by atoms with Gasteiger partial charge in [-0.3, -0.25) is 14.5 Å². The number of amides is 4. The molecule has 4 amide bonds. The predicted molar refractivity (Wildman–Crippen MR) is 98.7 cm³/mol. The second-order valence-corrected chi connectivity index (χ2v) is 8.53. The van der Waals surface area contributed by atoms with E-state index in [9.17, 15) is 18.8 Å². The summed E-state index contributed by atoms with van der Waals surface area (Å²) in [7, 11) is 0. The first-order chi connectivity index (χ1) is 12.9. The third-order valence-electron chi connectivity index (χ3n) is 5.73. The number of thioether (sulfide) groups is 1. The first-order valence-corrected chi connectivity index (χ1v) is 10.3. The molecule has 2 saturated heterocycles. The summed E-state index contributed by atoms with van der Waals surface area (Å²) in [4.78, 5) is 42.0. The van der Waals surface area contributed by atoms with E-state index in [0.29, 0.717) is 24.3 Å². The van der Waals surface area contributed by atoms with Gasteiger partial charge in [0.25, 0.3) is 5.91 Å². The summed E-state index contributed by atoms with van der Waals surface area (Å²) >= 11 is 1.54. The number of halogens is 1. The molecule has 6 nitrogen and oxygen atoms in total. The van der Waals surface area contributed by atoms with Crippen molar-refractivity contribution in [3.8, 4) is 0 Å². The van der Waals surface area contributed by atoms with E-state index in [1.165, 1.54) is 23.9 Å². The van der Waals surface area contributed by atoms with Gasteiger partial charge in [-0.15, -0.1) is 11.8 Å². The first kappa shape index (κ1) is 18.3. The van der Waals surface area contributed by atoms with Crippen molar-refractivity contribution in [3.63, 3.8) is 0 Å². The van der Waals surface area contributed by atoms with E-state index in [1.807, 2.05) is 6.92 Å². The van der Waals surface area contributed by atoms with Crippen LogP contribution in [0.25, 0.3) is 0 Å². The SMILES string of the molecule is CC1CCCCN1C(=O)CN1C(=O)NC2(CCSc3ccc(F)cc32)C1=O. The maximum absolute atomic E-state index is 13.8. The van der Waals surface area contributed by atoms with Crippen LogP contribution in [0, 0.1) is 5.82 Å². The number of hydrogen-bond acceptors (Lipinski definition) is 4. The van der Waals surface area contributed by atoms with Crippen LogP contribution in [0.5, 0.6) is 0 Å². The Morgan fingerprint density at radius 1 is 1.37 bits per heavy atom. The summed E-state index contributed by atoms with van der Waals surface area (Å²) in [6.07, 6.45) is 3.32. The average Bonchev–Trinajstić information content (AvgIpc) is 2.88. The van der Waals surface area contributed by atoms with Crippen LogP contribution in [0.1, 0.15) is 38.2 Å². The first-order valence-electron chi connectivity index (χ1n) is 9.29. The summed E-state index contributed by atoms with van der Waals surface area (Å²) in [5, 5.41) is 2.76. The monoisotopic (exact) mass is 391 g/mol. The molecule has 2 fully saturated rings. The molecule has 144 valence electrons. The number of carbonyl (C=O) groups is 3. The molecule has 0 radical (unpaired) electrons. The van der Waals surface area contributed by atoms with E-state index >= 15 is 0 Å². The molecule has 4 rings (SSSR count). The molecule has 0 aromatic heterocycles. The Balaban J connectivity index is 1.60. The van der Waals surface area contributed by atoms with Crippen LogP contribution < -0.4 is 5.32 Å². The number of benzene rings is 1. The molecule has 8 heteroatoms. The molecule has 0 aliphatic carbocycles. The minimum Gasteiger partial charge on any atom is -0.338 e. The number of fused-ring (bicyclic) bond motifs is 2. The van der Waals surface area contributed by atoms with E-state index < -0.39 is 23.3 Å². The van der Waals surface area contributed by atoms with Gasteiger partial charge < -0.3 is 10.2 Å². The van der Waals surface area contributed by atoms with Gasteiger partial charge >= 0.3 is 6.03 Å². The van der Waals surface area contributed by atoms with Crippen molar-refractivity contribution in [2.24, 2.45) is 0 Å². The zero-order valence-electron chi connectivity index (χ0n) is 15.2. The maximum atomic E-state index is 13.8. The van der Waals surface area contributed by atoms with E-state index in [1.54, 1.807) is 11.0 Å². The highest BCUT2D eigenvalue weighted by atomic mass is 32.2. The smallest absolute Gasteiger partial charge is 0.325 e. The van der Waals surface area contributed by atoms with Crippen molar-refractivity contribution in [2.75, 3.05) is 18.8 Å². The topological polar surface area (TPSA) is 69.7 Å². The van der Waals surface area contributed by atoms with Gasteiger partial charge in [0, 0.05) is 28.8 Å². The van der Waals surface area contributed by atoms with Gasteiger partial charge in [-0.2, -0.15) is 0 Å². The lowest BCUT2D eigenvalue weighted by atomic mass is 9.86. The molecule has 3 aliphatic heterocycles. The van der Waals surface area contributed by atoms with Gasteiger partial charge in [-0.25, -0.2) is 9.18 Å². The third-order valence-corrected chi connectivity index (χ3v) is 6.80. The zero-order valence-corrected chi connectivity index (χ0v) is 16.0. The molecule has 2 unspecified atom stereocenters. The van der Waals surface area contributed by atoms with Crippen LogP contribution in [0.2, 0.25) is 0 Å². The number of piperidine rings is 1. The number of likely N-dealkylation sites (tertiary alicyclic amines) is 1. The highest BCUT2D eigenvalue weighted by Crippen LogP contribution is 2.44. The zero-order chi connectivity index (χ0) is 19.2. The summed E-state index contributed by atoms with van der Waals surface area (Å²) < 4.78 is 13.8. The summed E-state index contributed by atoms with van der Waals surface area (Å²) in [6.45, 7) is 2.37. The quantitative estimate of drug-likeness (QED) is 0.787. The third kappa shape index (κ3) is 2.99. The lowest BCUT2D eigenvalue weighted by Crippen LogP contribution is -2.49. The maximum Gasteiger partial charge on any atom is 0.325 e. The van der Waals surface area contributed by atoms with Crippen LogP contribution in [0.15, 0.2) is 23.1 Å². The normalized spacial score (nSPS) is 27.7. The van der Waals surface area contributed by atoms with Crippen molar-refractivity contribution >= 4 is 29.6 Å². The predicted octanol–water partition coefficient (Wildman–Crippen LogP) is 2.47. The van der Waals surface area contributed by atoms with Crippen molar-refractivity contribution in [3.05, 3.63) is 29.6 Å². The van der Waals surface area contributed by atoms with Crippen molar-refractivity contribution in [1.82, 2.24) is 15.1 Å².